The number of thiophene rings is 1. The Hall–Kier alpha value is -2.30. The number of hydrogen-bond donors (Lipinski definition) is 1. The first-order valence-corrected chi connectivity index (χ1v) is 10.0. The van der Waals surface area contributed by atoms with Crippen molar-refractivity contribution in [2.75, 3.05) is 20.8 Å². The molecule has 1 aromatic heterocycles. The number of halogens is 1. The summed E-state index contributed by atoms with van der Waals surface area (Å²) in [6.45, 7) is 1.48. The molecule has 0 radical (unpaired) electrons. The van der Waals surface area contributed by atoms with Crippen LogP contribution in [0.15, 0.2) is 28.5 Å². The maximum Gasteiger partial charge on any atom is 0.348 e. The molecule has 0 aliphatic rings. The van der Waals surface area contributed by atoms with Crippen molar-refractivity contribution in [2.45, 2.75) is 17.6 Å². The van der Waals surface area contributed by atoms with E-state index in [1.54, 1.807) is 12.1 Å². The van der Waals surface area contributed by atoms with Gasteiger partial charge in [-0.15, -0.1) is 11.3 Å². The normalized spacial score (nSPS) is 11.3. The molecule has 0 fully saturated rings. The van der Waals surface area contributed by atoms with Crippen molar-refractivity contribution in [1.82, 2.24) is 4.72 Å². The topological polar surface area (TPSA) is 98.8 Å². The summed E-state index contributed by atoms with van der Waals surface area (Å²) < 4.78 is 49.6. The average molecular weight is 415 g/mol. The number of carbonyl (C=O) groups excluding carboxylic acids is 2. The Balaban J connectivity index is 2.29. The van der Waals surface area contributed by atoms with E-state index in [0.29, 0.717) is 17.8 Å². The number of sulfonamides is 1. The predicted octanol–water partition coefficient (Wildman–Crippen LogP) is 2.29. The molecule has 1 heterocycles. The molecule has 0 aliphatic heterocycles. The highest BCUT2D eigenvalue weighted by molar-refractivity contribution is 7.91. The van der Waals surface area contributed by atoms with E-state index in [1.807, 2.05) is 0 Å². The summed E-state index contributed by atoms with van der Waals surface area (Å²) in [5, 5.41) is 0. The number of rotatable bonds is 7. The molecule has 1 aromatic carbocycles. The van der Waals surface area contributed by atoms with E-state index < -0.39 is 22.0 Å². The number of nitrogens with one attached hydrogen (secondary N) is 1. The van der Waals surface area contributed by atoms with Crippen LogP contribution in [0.2, 0.25) is 0 Å². The van der Waals surface area contributed by atoms with Gasteiger partial charge in [-0.05, 0) is 36.6 Å². The van der Waals surface area contributed by atoms with Crippen molar-refractivity contribution in [3.8, 4) is 0 Å². The van der Waals surface area contributed by atoms with E-state index in [4.69, 9.17) is 0 Å². The van der Waals surface area contributed by atoms with Crippen LogP contribution < -0.4 is 4.72 Å². The lowest BCUT2D eigenvalue weighted by Crippen LogP contribution is -2.26. The first kappa shape index (κ1) is 21.0. The maximum atomic E-state index is 12.9. The molecule has 0 saturated heterocycles. The van der Waals surface area contributed by atoms with Gasteiger partial charge in [0.1, 0.15) is 10.7 Å². The molecule has 0 aliphatic carbocycles. The van der Waals surface area contributed by atoms with Gasteiger partial charge in [-0.2, -0.15) is 0 Å². The molecule has 27 heavy (non-hydrogen) atoms. The van der Waals surface area contributed by atoms with Gasteiger partial charge in [-0.1, -0.05) is 12.1 Å². The second-order valence-electron chi connectivity index (χ2n) is 5.48. The number of ether oxygens (including phenoxy) is 2. The minimum Gasteiger partial charge on any atom is -0.465 e. The van der Waals surface area contributed by atoms with Gasteiger partial charge in [0.15, 0.2) is 4.21 Å². The third-order valence-corrected chi connectivity index (χ3v) is 6.99. The molecule has 7 nitrogen and oxygen atoms in total. The smallest absolute Gasteiger partial charge is 0.348 e. The van der Waals surface area contributed by atoms with Gasteiger partial charge in [-0.25, -0.2) is 27.1 Å². The fraction of sp³-hybridized carbons (Fsp3) is 0.294. The highest BCUT2D eigenvalue weighted by Crippen LogP contribution is 2.33. The van der Waals surface area contributed by atoms with Crippen LogP contribution in [-0.4, -0.2) is 41.1 Å². The van der Waals surface area contributed by atoms with E-state index in [2.05, 4.69) is 14.2 Å². The molecule has 2 aromatic rings. The molecule has 1 N–H and O–H groups in total. The Kier molecular flexibility index (Phi) is 6.68. The van der Waals surface area contributed by atoms with Crippen LogP contribution in [0, 0.1) is 12.7 Å². The molecule has 0 bridgehead atoms. The zero-order chi connectivity index (χ0) is 20.2. The van der Waals surface area contributed by atoms with Gasteiger partial charge >= 0.3 is 11.9 Å². The molecule has 2 rings (SSSR count). The van der Waals surface area contributed by atoms with Crippen LogP contribution in [0.4, 0.5) is 4.39 Å². The number of benzene rings is 1. The van der Waals surface area contributed by atoms with E-state index in [1.165, 1.54) is 19.1 Å². The van der Waals surface area contributed by atoms with Crippen molar-refractivity contribution in [3.05, 3.63) is 51.7 Å². The summed E-state index contributed by atoms with van der Waals surface area (Å²) >= 11 is 0.642. The number of esters is 2. The Bertz CT molecular complexity index is 951. The average Bonchev–Trinajstić information content (AvgIpc) is 3.00. The fourth-order valence-corrected chi connectivity index (χ4v) is 5.17. The molecule has 0 unspecified atom stereocenters. The summed E-state index contributed by atoms with van der Waals surface area (Å²) in [4.78, 5) is 23.9. The van der Waals surface area contributed by atoms with E-state index in [9.17, 15) is 22.4 Å². The van der Waals surface area contributed by atoms with E-state index >= 15 is 0 Å². The molecule has 10 heteroatoms. The molecule has 0 atom stereocenters. The molecule has 0 spiro atoms. The van der Waals surface area contributed by atoms with Gasteiger partial charge in [0, 0.05) is 6.54 Å². The number of methoxy groups -OCH3 is 2. The minimum atomic E-state index is -4.08. The SMILES string of the molecule is COC(=O)c1sc(S(=O)(=O)NCCc2ccc(F)cc2)c(C(=O)OC)c1C. The lowest BCUT2D eigenvalue weighted by molar-refractivity contribution is 0.0596. The predicted molar refractivity (Wildman–Crippen MR) is 97.0 cm³/mol. The minimum absolute atomic E-state index is 0.0109. The first-order chi connectivity index (χ1) is 12.7. The highest BCUT2D eigenvalue weighted by atomic mass is 32.2. The third kappa shape index (κ3) is 4.71. The van der Waals surface area contributed by atoms with Crippen LogP contribution in [0.3, 0.4) is 0 Å². The number of hydrogen-bond acceptors (Lipinski definition) is 7. The second kappa shape index (κ2) is 8.59. The number of carbonyl (C=O) groups is 2. The summed E-state index contributed by atoms with van der Waals surface area (Å²) in [6.07, 6.45) is 0.321. The van der Waals surface area contributed by atoms with Crippen molar-refractivity contribution in [3.63, 3.8) is 0 Å². The Labute approximate surface area is 160 Å². The van der Waals surface area contributed by atoms with Crippen LogP contribution >= 0.6 is 11.3 Å². The van der Waals surface area contributed by atoms with Crippen molar-refractivity contribution < 1.29 is 31.9 Å². The van der Waals surface area contributed by atoms with Crippen LogP contribution in [0.25, 0.3) is 0 Å². The zero-order valence-corrected chi connectivity index (χ0v) is 16.5. The molecule has 146 valence electrons. The highest BCUT2D eigenvalue weighted by Gasteiger charge is 2.32. The molecular weight excluding hydrogens is 397 g/mol. The van der Waals surface area contributed by atoms with Crippen molar-refractivity contribution in [2.24, 2.45) is 0 Å². The summed E-state index contributed by atoms with van der Waals surface area (Å²) in [5.41, 5.74) is 0.722. The third-order valence-electron chi connectivity index (χ3n) is 3.74. The van der Waals surface area contributed by atoms with Gasteiger partial charge in [0.25, 0.3) is 10.0 Å². The van der Waals surface area contributed by atoms with Crippen molar-refractivity contribution >= 4 is 33.3 Å². The molecular formula is C17H18FNO6S2. The summed E-state index contributed by atoms with van der Waals surface area (Å²) in [7, 11) is -1.80. The second-order valence-corrected chi connectivity index (χ2v) is 8.46. The van der Waals surface area contributed by atoms with Crippen LogP contribution in [0.5, 0.6) is 0 Å². The van der Waals surface area contributed by atoms with Gasteiger partial charge < -0.3 is 9.47 Å². The van der Waals surface area contributed by atoms with Gasteiger partial charge in [-0.3, -0.25) is 0 Å². The summed E-state index contributed by atoms with van der Waals surface area (Å²) in [5.74, 6) is -1.99. The van der Waals surface area contributed by atoms with Crippen LogP contribution in [0.1, 0.15) is 31.2 Å². The standard InChI is InChI=1S/C17H18FNO6S2/c1-10-13(15(20)24-2)17(26-14(10)16(21)25-3)27(22,23)19-9-8-11-4-6-12(18)7-5-11/h4-7,19H,8-9H2,1-3H3. The lowest BCUT2D eigenvalue weighted by atomic mass is 10.1. The fourth-order valence-electron chi connectivity index (χ4n) is 2.35. The Morgan fingerprint density at radius 2 is 1.70 bits per heavy atom. The van der Waals surface area contributed by atoms with Crippen molar-refractivity contribution in [1.29, 1.82) is 0 Å². The monoisotopic (exact) mass is 415 g/mol. The first-order valence-electron chi connectivity index (χ1n) is 7.75. The largest absolute Gasteiger partial charge is 0.465 e. The van der Waals surface area contributed by atoms with E-state index in [-0.39, 0.29) is 32.6 Å². The lowest BCUT2D eigenvalue weighted by Gasteiger charge is -2.07. The van der Waals surface area contributed by atoms with Crippen LogP contribution in [-0.2, 0) is 25.9 Å². The molecule has 0 amide bonds. The zero-order valence-electron chi connectivity index (χ0n) is 14.9. The van der Waals surface area contributed by atoms with Gasteiger partial charge in [0.05, 0.1) is 19.8 Å². The maximum absolute atomic E-state index is 12.9. The Morgan fingerprint density at radius 1 is 1.11 bits per heavy atom. The molecule has 0 saturated carbocycles. The Morgan fingerprint density at radius 3 is 2.26 bits per heavy atom. The van der Waals surface area contributed by atoms with Gasteiger partial charge in [0.2, 0.25) is 0 Å². The quantitative estimate of drug-likeness (QED) is 0.697. The van der Waals surface area contributed by atoms with E-state index in [0.717, 1.165) is 19.8 Å². The summed E-state index contributed by atoms with van der Waals surface area (Å²) in [6, 6.07) is 5.66.